The molecular weight excluding hydrogens is 655 g/mol. The number of anilines is 1. The number of hydrogen-bond acceptors (Lipinski definition) is 13. The number of allylic oxidation sites excluding steroid dienone is 1. The number of methoxy groups -OCH3 is 2. The van der Waals surface area contributed by atoms with Crippen molar-refractivity contribution in [3.8, 4) is 11.5 Å². The summed E-state index contributed by atoms with van der Waals surface area (Å²) in [5, 5.41) is 19.0. The molecule has 2 aliphatic heterocycles. The first-order valence-electron chi connectivity index (χ1n) is 11.5. The zero-order valence-electron chi connectivity index (χ0n) is 21.6. The lowest BCUT2D eigenvalue weighted by atomic mass is 10.2. The summed E-state index contributed by atoms with van der Waals surface area (Å²) in [6, 6.07) is 3.33. The number of hydrogen-bond donors (Lipinski definition) is 3. The van der Waals surface area contributed by atoms with Crippen molar-refractivity contribution in [3.63, 3.8) is 0 Å². The van der Waals surface area contributed by atoms with Crippen molar-refractivity contribution in [2.45, 2.75) is 11.4 Å². The highest BCUT2D eigenvalue weighted by Gasteiger charge is 2.35. The maximum absolute atomic E-state index is 13.3. The molecule has 14 nitrogen and oxygen atoms in total. The normalized spacial score (nSPS) is 17.8. The lowest BCUT2D eigenvalue weighted by Gasteiger charge is -2.20. The number of carbonyl (C=O) groups excluding carboxylic acids is 1. The molecular formula is C23H21N3O11S5. The van der Waals surface area contributed by atoms with Crippen LogP contribution in [0.3, 0.4) is 0 Å². The van der Waals surface area contributed by atoms with Crippen molar-refractivity contribution in [1.82, 2.24) is 9.47 Å². The van der Waals surface area contributed by atoms with E-state index in [9.17, 15) is 37.3 Å². The Morgan fingerprint density at radius 3 is 2.24 bits per heavy atom. The first-order valence-corrected chi connectivity index (χ1v) is 16.0. The number of benzene rings is 1. The average molecular weight is 676 g/mol. The third-order valence-corrected chi connectivity index (χ3v) is 10.3. The number of aliphatic carboxylic acids is 2. The second-order valence-corrected chi connectivity index (χ2v) is 13.7. The molecule has 1 amide bonds. The van der Waals surface area contributed by atoms with Gasteiger partial charge in [-0.1, -0.05) is 35.7 Å². The molecule has 0 spiro atoms. The Morgan fingerprint density at radius 1 is 1.00 bits per heavy atom. The summed E-state index contributed by atoms with van der Waals surface area (Å²) in [5.41, 5.74) is -0.155. The van der Waals surface area contributed by atoms with Gasteiger partial charge in [-0.05, 0) is 12.2 Å². The smallest absolute Gasteiger partial charge is 0.323 e. The van der Waals surface area contributed by atoms with Crippen molar-refractivity contribution in [2.24, 2.45) is 0 Å². The molecule has 0 unspecified atom stereocenters. The molecule has 0 atom stereocenters. The van der Waals surface area contributed by atoms with E-state index in [1.807, 2.05) is 0 Å². The molecule has 0 bridgehead atoms. The summed E-state index contributed by atoms with van der Waals surface area (Å²) in [6.07, 6.45) is 2.92. The van der Waals surface area contributed by atoms with Crippen LogP contribution in [0.2, 0.25) is 0 Å². The zero-order valence-corrected chi connectivity index (χ0v) is 25.7. The van der Waals surface area contributed by atoms with E-state index in [1.54, 1.807) is 17.0 Å². The topological polar surface area (TPSA) is 193 Å². The number of thiocarbonyl (C=S) groups is 1. The fourth-order valence-corrected chi connectivity index (χ4v) is 7.89. The lowest BCUT2D eigenvalue weighted by Crippen LogP contribution is -2.36. The largest absolute Gasteiger partial charge is 0.493 e. The highest BCUT2D eigenvalue weighted by molar-refractivity contribution is 8.30. The summed E-state index contributed by atoms with van der Waals surface area (Å²) in [4.78, 5) is 52.0. The van der Waals surface area contributed by atoms with E-state index in [4.69, 9.17) is 26.8 Å². The third kappa shape index (κ3) is 6.65. The molecule has 42 heavy (non-hydrogen) atoms. The predicted molar refractivity (Wildman–Crippen MR) is 160 cm³/mol. The standard InChI is InChI=1S/C23H21N3O11S5/c1-36-12-7-11-15(8-13(12)37-2)39-16(24(11)5-6-42(33,34)35)4-3-14-20(31)25(9-17(27)28)22(40-14)19-21(32)26(10-18(29)30)23(38)41-19/h3-4,7-8H,5-6,9-10H2,1-2H3,(H,27,28)(H,29,30)(H,33,34,35)/b14-3?,16-4?,22-19+. The van der Waals surface area contributed by atoms with Crippen LogP contribution in [-0.4, -0.2) is 87.9 Å². The Morgan fingerprint density at radius 2 is 1.64 bits per heavy atom. The van der Waals surface area contributed by atoms with Crippen molar-refractivity contribution in [2.75, 3.05) is 38.0 Å². The van der Waals surface area contributed by atoms with Gasteiger partial charge in [0.25, 0.3) is 21.6 Å². The van der Waals surface area contributed by atoms with Gasteiger partial charge in [-0.25, -0.2) is 0 Å². The predicted octanol–water partition coefficient (Wildman–Crippen LogP) is 0.187. The summed E-state index contributed by atoms with van der Waals surface area (Å²) < 4.78 is 44.0. The van der Waals surface area contributed by atoms with Gasteiger partial charge in [0.1, 0.15) is 27.0 Å². The maximum Gasteiger partial charge on any atom is 0.323 e. The number of thiazole rings is 1. The van der Waals surface area contributed by atoms with Gasteiger partial charge in [-0.3, -0.25) is 33.2 Å². The summed E-state index contributed by atoms with van der Waals surface area (Å²) in [5.74, 6) is -3.21. The number of thioether (sulfide) groups is 2. The van der Waals surface area contributed by atoms with Crippen LogP contribution in [0.4, 0.5) is 5.69 Å². The molecule has 2 aromatic rings. The molecule has 1 saturated heterocycles. The van der Waals surface area contributed by atoms with Gasteiger partial charge >= 0.3 is 11.9 Å². The fraction of sp³-hybridized carbons (Fsp3) is 0.261. The van der Waals surface area contributed by atoms with Crippen molar-refractivity contribution < 1.29 is 47.0 Å². The molecule has 1 aromatic carbocycles. The number of carboxylic acids is 2. The third-order valence-electron chi connectivity index (χ3n) is 5.72. The molecule has 0 aliphatic carbocycles. The number of fused-ring (bicyclic) bond motifs is 1. The average Bonchev–Trinajstić information content (AvgIpc) is 3.50. The van der Waals surface area contributed by atoms with Gasteiger partial charge in [-0.2, -0.15) is 8.42 Å². The summed E-state index contributed by atoms with van der Waals surface area (Å²) >= 11 is 7.93. The van der Waals surface area contributed by atoms with E-state index in [0.29, 0.717) is 27.1 Å². The molecule has 3 heterocycles. The van der Waals surface area contributed by atoms with Gasteiger partial charge < -0.3 is 24.6 Å². The van der Waals surface area contributed by atoms with Crippen molar-refractivity contribution >= 4 is 96.0 Å². The SMILES string of the molecule is COc1cc2c(cc1OC)N(CCS(=O)(=O)O)C(=CC=c1s/c(=C3/SC(=S)N(CC(=O)O)C3=O)n(CC(=O)O)c1=O)S2. The molecule has 4 rings (SSSR count). The minimum atomic E-state index is -4.32. The summed E-state index contributed by atoms with van der Waals surface area (Å²) in [7, 11) is -1.43. The van der Waals surface area contributed by atoms with Gasteiger partial charge in [0.15, 0.2) is 11.5 Å². The van der Waals surface area contributed by atoms with E-state index in [2.05, 4.69) is 0 Å². The van der Waals surface area contributed by atoms with Crippen LogP contribution >= 0.6 is 47.1 Å². The van der Waals surface area contributed by atoms with Crippen LogP contribution in [-0.2, 0) is 31.0 Å². The maximum atomic E-state index is 13.3. The van der Waals surface area contributed by atoms with Crippen LogP contribution in [0.25, 0.3) is 11.0 Å². The zero-order chi connectivity index (χ0) is 30.9. The monoisotopic (exact) mass is 675 g/mol. The number of carbonyl (C=O) groups is 3. The van der Waals surface area contributed by atoms with Crippen molar-refractivity contribution in [1.29, 1.82) is 0 Å². The quantitative estimate of drug-likeness (QED) is 0.228. The second kappa shape index (κ2) is 12.5. The Hall–Kier alpha value is -3.36. The lowest BCUT2D eigenvalue weighted by molar-refractivity contribution is -0.140. The van der Waals surface area contributed by atoms with Crippen LogP contribution in [0.15, 0.2) is 32.9 Å². The fourth-order valence-electron chi connectivity index (χ4n) is 3.92. The summed E-state index contributed by atoms with van der Waals surface area (Å²) in [6.45, 7) is -1.61. The van der Waals surface area contributed by atoms with Crippen LogP contribution < -0.4 is 29.1 Å². The molecule has 224 valence electrons. The minimum absolute atomic E-state index is 0.00245. The molecule has 0 saturated carbocycles. The number of aromatic nitrogens is 1. The number of carboxylic acid groups (broad SMARTS) is 2. The number of nitrogens with zero attached hydrogens (tertiary/aromatic N) is 3. The molecule has 1 aromatic heterocycles. The number of ether oxygens (including phenoxy) is 2. The molecule has 1 fully saturated rings. The van der Waals surface area contributed by atoms with Gasteiger partial charge in [0.2, 0.25) is 0 Å². The van der Waals surface area contributed by atoms with E-state index < -0.39 is 52.4 Å². The van der Waals surface area contributed by atoms with E-state index in [-0.39, 0.29) is 25.0 Å². The van der Waals surface area contributed by atoms with Gasteiger partial charge in [-0.15, -0.1) is 11.3 Å². The molecule has 19 heteroatoms. The highest BCUT2D eigenvalue weighted by Crippen LogP contribution is 2.50. The van der Waals surface area contributed by atoms with Crippen molar-refractivity contribution in [3.05, 3.63) is 42.8 Å². The molecule has 3 N–H and O–H groups in total. The Labute approximate surface area is 255 Å². The first-order chi connectivity index (χ1) is 19.7. The first kappa shape index (κ1) is 31.6. The van der Waals surface area contributed by atoms with Gasteiger partial charge in [0, 0.05) is 23.6 Å². The highest BCUT2D eigenvalue weighted by atomic mass is 32.2. The van der Waals surface area contributed by atoms with Crippen LogP contribution in [0, 0.1) is 0 Å². The number of amides is 1. The second-order valence-electron chi connectivity index (χ2n) is 8.42. The Bertz CT molecular complexity index is 1830. The minimum Gasteiger partial charge on any atom is -0.493 e. The molecule has 0 radical (unpaired) electrons. The van der Waals surface area contributed by atoms with E-state index >= 15 is 0 Å². The van der Waals surface area contributed by atoms with Crippen LogP contribution in [0.5, 0.6) is 11.5 Å². The van der Waals surface area contributed by atoms with Crippen LogP contribution in [0.1, 0.15) is 0 Å². The van der Waals surface area contributed by atoms with E-state index in [0.717, 1.165) is 32.6 Å². The molecule has 2 aliphatic rings. The van der Waals surface area contributed by atoms with Gasteiger partial charge in [0.05, 0.1) is 35.2 Å². The Kier molecular flexibility index (Phi) is 9.38. The van der Waals surface area contributed by atoms with E-state index in [1.165, 1.54) is 38.1 Å². The Balaban J connectivity index is 1.85. The number of rotatable bonds is 10.